The second kappa shape index (κ2) is 7.16. The minimum Gasteiger partial charge on any atom is -0.314 e. The van der Waals surface area contributed by atoms with E-state index in [9.17, 15) is 4.79 Å². The molecule has 0 saturated carbocycles. The molecule has 21 heavy (non-hydrogen) atoms. The fraction of sp³-hybridized carbons (Fsp3) is 0.0625. The quantitative estimate of drug-likeness (QED) is 0.812. The average molecular weight is 321 g/mol. The first kappa shape index (κ1) is 15.4. The first-order valence-electron chi connectivity index (χ1n) is 6.30. The van der Waals surface area contributed by atoms with Crippen LogP contribution < -0.4 is 10.6 Å². The fourth-order valence-corrected chi connectivity index (χ4v) is 1.97. The Labute approximate surface area is 133 Å². The van der Waals surface area contributed by atoms with Crippen LogP contribution in [0.15, 0.2) is 48.7 Å². The van der Waals surface area contributed by atoms with Crippen molar-refractivity contribution in [2.24, 2.45) is 0 Å². The van der Waals surface area contributed by atoms with Gasteiger partial charge in [0.2, 0.25) is 0 Å². The number of aryl methyl sites for hydroxylation is 1. The molecule has 0 fully saturated rings. The number of urea groups is 1. The van der Waals surface area contributed by atoms with Gasteiger partial charge in [-0.25, -0.2) is 4.79 Å². The Morgan fingerprint density at radius 1 is 1.05 bits per heavy atom. The minimum atomic E-state index is -0.328. The number of rotatable bonds is 3. The Balaban J connectivity index is 1.93. The molecule has 108 valence electrons. The summed E-state index contributed by atoms with van der Waals surface area (Å²) in [6.45, 7) is 1.90. The molecular formula is C16H14Cl2N2O. The van der Waals surface area contributed by atoms with E-state index in [1.54, 1.807) is 36.5 Å². The number of carbonyl (C=O) groups is 1. The van der Waals surface area contributed by atoms with E-state index in [2.05, 4.69) is 10.6 Å². The molecule has 2 amide bonds. The molecule has 0 aromatic heterocycles. The molecule has 0 spiro atoms. The van der Waals surface area contributed by atoms with E-state index < -0.39 is 0 Å². The molecule has 0 saturated heterocycles. The van der Waals surface area contributed by atoms with Gasteiger partial charge in [-0.15, -0.1) is 0 Å². The lowest BCUT2D eigenvalue weighted by Gasteiger charge is -2.08. The molecular weight excluding hydrogens is 307 g/mol. The Hall–Kier alpha value is -1.97. The van der Waals surface area contributed by atoms with Crippen molar-refractivity contribution < 1.29 is 4.79 Å². The predicted molar refractivity (Wildman–Crippen MR) is 88.8 cm³/mol. The van der Waals surface area contributed by atoms with E-state index >= 15 is 0 Å². The highest BCUT2D eigenvalue weighted by Crippen LogP contribution is 2.19. The van der Waals surface area contributed by atoms with Crippen LogP contribution in [0.3, 0.4) is 0 Å². The summed E-state index contributed by atoms with van der Waals surface area (Å²) in [5.74, 6) is 0. The molecule has 0 radical (unpaired) electrons. The number of carbonyl (C=O) groups excluding carboxylic acids is 1. The molecule has 2 N–H and O–H groups in total. The second-order valence-electron chi connectivity index (χ2n) is 4.44. The summed E-state index contributed by atoms with van der Waals surface area (Å²) >= 11 is 11.7. The van der Waals surface area contributed by atoms with Crippen LogP contribution >= 0.6 is 23.2 Å². The molecule has 5 heteroatoms. The van der Waals surface area contributed by atoms with E-state index in [0.717, 1.165) is 11.1 Å². The van der Waals surface area contributed by atoms with Gasteiger partial charge in [-0.1, -0.05) is 41.4 Å². The number of anilines is 1. The van der Waals surface area contributed by atoms with Gasteiger partial charge in [-0.05, 0) is 48.4 Å². The van der Waals surface area contributed by atoms with Crippen molar-refractivity contribution in [3.63, 3.8) is 0 Å². The SMILES string of the molecule is Cc1ccc(Cl)cc1NC(=O)N/C=C/c1ccc(Cl)cc1. The molecule has 0 aliphatic heterocycles. The lowest BCUT2D eigenvalue weighted by atomic mass is 10.2. The highest BCUT2D eigenvalue weighted by atomic mass is 35.5. The van der Waals surface area contributed by atoms with Crippen molar-refractivity contribution >= 4 is 41.0 Å². The van der Waals surface area contributed by atoms with Gasteiger partial charge in [0.05, 0.1) is 0 Å². The Morgan fingerprint density at radius 3 is 2.43 bits per heavy atom. The standard InChI is InChI=1S/C16H14Cl2N2O/c1-11-2-5-14(18)10-15(11)20-16(21)19-9-8-12-3-6-13(17)7-4-12/h2-10H,1H3,(H2,19,20,21)/b9-8+. The zero-order chi connectivity index (χ0) is 15.2. The maximum absolute atomic E-state index is 11.8. The summed E-state index contributed by atoms with van der Waals surface area (Å²) < 4.78 is 0. The van der Waals surface area contributed by atoms with Gasteiger partial charge in [-0.3, -0.25) is 0 Å². The normalized spacial score (nSPS) is 10.6. The van der Waals surface area contributed by atoms with Gasteiger partial charge in [-0.2, -0.15) is 0 Å². The van der Waals surface area contributed by atoms with Gasteiger partial charge in [0.15, 0.2) is 0 Å². The van der Waals surface area contributed by atoms with Crippen LogP contribution in [0.2, 0.25) is 10.0 Å². The Kier molecular flexibility index (Phi) is 5.26. The maximum atomic E-state index is 11.8. The summed E-state index contributed by atoms with van der Waals surface area (Å²) in [6, 6.07) is 12.3. The summed E-state index contributed by atoms with van der Waals surface area (Å²) in [6.07, 6.45) is 3.35. The van der Waals surface area contributed by atoms with Crippen molar-refractivity contribution in [3.05, 3.63) is 69.8 Å². The topological polar surface area (TPSA) is 41.1 Å². The van der Waals surface area contributed by atoms with E-state index in [1.165, 1.54) is 0 Å². The van der Waals surface area contributed by atoms with E-state index in [1.807, 2.05) is 25.1 Å². The second-order valence-corrected chi connectivity index (χ2v) is 5.32. The van der Waals surface area contributed by atoms with Crippen LogP contribution in [-0.4, -0.2) is 6.03 Å². The molecule has 2 aromatic carbocycles. The first-order chi connectivity index (χ1) is 10.0. The van der Waals surface area contributed by atoms with Crippen LogP contribution in [0.1, 0.15) is 11.1 Å². The highest BCUT2D eigenvalue weighted by molar-refractivity contribution is 6.31. The predicted octanol–water partition coefficient (Wildman–Crippen LogP) is 5.09. The van der Waals surface area contributed by atoms with Gasteiger partial charge in [0, 0.05) is 21.9 Å². The summed E-state index contributed by atoms with van der Waals surface area (Å²) in [5, 5.41) is 6.63. The van der Waals surface area contributed by atoms with Crippen LogP contribution in [0.5, 0.6) is 0 Å². The molecule has 0 bridgehead atoms. The first-order valence-corrected chi connectivity index (χ1v) is 7.06. The van der Waals surface area contributed by atoms with Crippen LogP contribution in [0, 0.1) is 6.92 Å². The largest absolute Gasteiger partial charge is 0.323 e. The molecule has 2 aromatic rings. The summed E-state index contributed by atoms with van der Waals surface area (Å²) in [4.78, 5) is 11.8. The zero-order valence-electron chi connectivity index (χ0n) is 11.4. The van der Waals surface area contributed by atoms with E-state index in [4.69, 9.17) is 23.2 Å². The molecule has 0 aliphatic carbocycles. The third kappa shape index (κ3) is 4.81. The lowest BCUT2D eigenvalue weighted by Crippen LogP contribution is -2.24. The number of hydrogen-bond acceptors (Lipinski definition) is 1. The molecule has 2 rings (SSSR count). The third-order valence-corrected chi connectivity index (χ3v) is 3.30. The Morgan fingerprint density at radius 2 is 1.71 bits per heavy atom. The van der Waals surface area contributed by atoms with Crippen molar-refractivity contribution in [2.75, 3.05) is 5.32 Å². The van der Waals surface area contributed by atoms with Crippen molar-refractivity contribution in [3.8, 4) is 0 Å². The molecule has 3 nitrogen and oxygen atoms in total. The smallest absolute Gasteiger partial charge is 0.314 e. The third-order valence-electron chi connectivity index (χ3n) is 2.81. The summed E-state index contributed by atoms with van der Waals surface area (Å²) in [5.41, 5.74) is 2.56. The minimum absolute atomic E-state index is 0.328. The zero-order valence-corrected chi connectivity index (χ0v) is 12.9. The van der Waals surface area contributed by atoms with E-state index in [0.29, 0.717) is 15.7 Å². The van der Waals surface area contributed by atoms with Gasteiger partial charge >= 0.3 is 6.03 Å². The fourth-order valence-electron chi connectivity index (χ4n) is 1.67. The van der Waals surface area contributed by atoms with Crippen LogP contribution in [0.25, 0.3) is 6.08 Å². The monoisotopic (exact) mass is 320 g/mol. The van der Waals surface area contributed by atoms with Crippen molar-refractivity contribution in [1.29, 1.82) is 0 Å². The van der Waals surface area contributed by atoms with Crippen molar-refractivity contribution in [1.82, 2.24) is 5.32 Å². The molecule has 0 heterocycles. The number of nitrogens with one attached hydrogen (secondary N) is 2. The number of hydrogen-bond donors (Lipinski definition) is 2. The molecule has 0 unspecified atom stereocenters. The molecule has 0 atom stereocenters. The van der Waals surface area contributed by atoms with Crippen molar-refractivity contribution in [2.45, 2.75) is 6.92 Å². The van der Waals surface area contributed by atoms with Gasteiger partial charge in [0.1, 0.15) is 0 Å². The van der Waals surface area contributed by atoms with Gasteiger partial charge < -0.3 is 10.6 Å². The number of amides is 2. The number of halogens is 2. The van der Waals surface area contributed by atoms with Gasteiger partial charge in [0.25, 0.3) is 0 Å². The highest BCUT2D eigenvalue weighted by Gasteiger charge is 2.03. The maximum Gasteiger partial charge on any atom is 0.323 e. The van der Waals surface area contributed by atoms with E-state index in [-0.39, 0.29) is 6.03 Å². The Bertz CT molecular complexity index is 666. The molecule has 0 aliphatic rings. The summed E-state index contributed by atoms with van der Waals surface area (Å²) in [7, 11) is 0. The number of benzene rings is 2. The average Bonchev–Trinajstić information content (AvgIpc) is 2.45. The van der Waals surface area contributed by atoms with Crippen LogP contribution in [0.4, 0.5) is 10.5 Å². The lowest BCUT2D eigenvalue weighted by molar-refractivity contribution is 0.255. The van der Waals surface area contributed by atoms with Crippen LogP contribution in [-0.2, 0) is 0 Å².